The summed E-state index contributed by atoms with van der Waals surface area (Å²) in [6.07, 6.45) is 3.28. The van der Waals surface area contributed by atoms with Gasteiger partial charge < -0.3 is 9.30 Å². The minimum atomic E-state index is -0.521. The van der Waals surface area contributed by atoms with Gasteiger partial charge in [-0.3, -0.25) is 5.32 Å². The van der Waals surface area contributed by atoms with Crippen molar-refractivity contribution in [3.05, 3.63) is 24.5 Å². The summed E-state index contributed by atoms with van der Waals surface area (Å²) < 4.78 is 7.35. The lowest BCUT2D eigenvalue weighted by Gasteiger charge is -2.19. The van der Waals surface area contributed by atoms with E-state index in [1.807, 2.05) is 39.1 Å². The van der Waals surface area contributed by atoms with Gasteiger partial charge in [0.05, 0.1) is 5.52 Å². The molecule has 2 heterocycles. The number of fused-ring (bicyclic) bond motifs is 1. The smallest absolute Gasteiger partial charge is 0.413 e. The molecule has 0 aromatic carbocycles. The second-order valence-corrected chi connectivity index (χ2v) is 6.07. The maximum absolute atomic E-state index is 11.7. The highest BCUT2D eigenvalue weighted by Crippen LogP contribution is 2.22. The molecule has 2 aromatic rings. The van der Waals surface area contributed by atoms with E-state index in [9.17, 15) is 4.79 Å². The molecule has 0 aliphatic rings. The summed E-state index contributed by atoms with van der Waals surface area (Å²) in [4.78, 5) is 16.0. The zero-order valence-corrected chi connectivity index (χ0v) is 12.6. The molecular weight excluding hydrogens is 254 g/mol. The van der Waals surface area contributed by atoms with Crippen LogP contribution in [0.5, 0.6) is 0 Å². The predicted octanol–water partition coefficient (Wildman–Crippen LogP) is 3.96. The molecule has 0 atom stereocenters. The van der Waals surface area contributed by atoms with Gasteiger partial charge in [0.15, 0.2) is 0 Å². The minimum absolute atomic E-state index is 0.351. The molecule has 1 N–H and O–H groups in total. The van der Waals surface area contributed by atoms with Gasteiger partial charge in [-0.05, 0) is 40.7 Å². The van der Waals surface area contributed by atoms with Crippen LogP contribution in [0.25, 0.3) is 10.9 Å². The van der Waals surface area contributed by atoms with E-state index in [2.05, 4.69) is 28.7 Å². The number of anilines is 1. The molecule has 0 spiro atoms. The van der Waals surface area contributed by atoms with Crippen LogP contribution in [0.1, 0.15) is 40.7 Å². The van der Waals surface area contributed by atoms with Gasteiger partial charge in [0.2, 0.25) is 0 Å². The normalized spacial score (nSPS) is 11.9. The largest absolute Gasteiger partial charge is 0.444 e. The van der Waals surface area contributed by atoms with Crippen LogP contribution in [0.3, 0.4) is 0 Å². The first kappa shape index (κ1) is 14.4. The number of pyridine rings is 1. The van der Waals surface area contributed by atoms with Crippen molar-refractivity contribution in [1.82, 2.24) is 9.55 Å². The highest BCUT2D eigenvalue weighted by Gasteiger charge is 2.17. The molecule has 2 aromatic heterocycles. The number of rotatable bonds is 2. The summed E-state index contributed by atoms with van der Waals surface area (Å²) in [5.74, 6) is 0.493. The fraction of sp³-hybridized carbons (Fsp3) is 0.467. The highest BCUT2D eigenvalue weighted by molar-refractivity contribution is 5.88. The van der Waals surface area contributed by atoms with E-state index in [1.165, 1.54) is 0 Å². The summed E-state index contributed by atoms with van der Waals surface area (Å²) >= 11 is 0. The number of carbonyl (C=O) groups is 1. The van der Waals surface area contributed by atoms with E-state index in [0.29, 0.717) is 11.9 Å². The molecule has 0 aliphatic heterocycles. The first-order valence-electron chi connectivity index (χ1n) is 6.73. The average molecular weight is 275 g/mol. The van der Waals surface area contributed by atoms with E-state index in [4.69, 9.17) is 4.74 Å². The quantitative estimate of drug-likeness (QED) is 0.902. The molecule has 108 valence electrons. The molecule has 2 rings (SSSR count). The molecule has 0 aliphatic carbocycles. The second kappa shape index (κ2) is 5.15. The van der Waals surface area contributed by atoms with Gasteiger partial charge >= 0.3 is 6.09 Å². The first-order chi connectivity index (χ1) is 9.26. The molecule has 0 unspecified atom stereocenters. The molecule has 0 saturated heterocycles. The van der Waals surface area contributed by atoms with Crippen molar-refractivity contribution in [1.29, 1.82) is 0 Å². The monoisotopic (exact) mass is 275 g/mol. The zero-order valence-electron chi connectivity index (χ0n) is 12.6. The minimum Gasteiger partial charge on any atom is -0.444 e. The zero-order chi connectivity index (χ0) is 14.9. The topological polar surface area (TPSA) is 56.2 Å². The Bertz CT molecular complexity index is 624. The Labute approximate surface area is 118 Å². The van der Waals surface area contributed by atoms with Crippen LogP contribution in [-0.4, -0.2) is 21.2 Å². The Balaban J connectivity index is 2.23. The van der Waals surface area contributed by atoms with Crippen LogP contribution >= 0.6 is 0 Å². The number of amides is 1. The Hall–Kier alpha value is -2.04. The third-order valence-corrected chi connectivity index (χ3v) is 2.79. The van der Waals surface area contributed by atoms with Gasteiger partial charge in [-0.1, -0.05) is 0 Å². The van der Waals surface area contributed by atoms with Crippen molar-refractivity contribution in [2.75, 3.05) is 5.32 Å². The van der Waals surface area contributed by atoms with Gasteiger partial charge in [0, 0.05) is 29.9 Å². The van der Waals surface area contributed by atoms with Crippen LogP contribution in [0.15, 0.2) is 24.5 Å². The van der Waals surface area contributed by atoms with E-state index < -0.39 is 11.7 Å². The maximum Gasteiger partial charge on any atom is 0.413 e. The van der Waals surface area contributed by atoms with Crippen LogP contribution < -0.4 is 5.32 Å². The van der Waals surface area contributed by atoms with Crippen molar-refractivity contribution in [3.8, 4) is 0 Å². The van der Waals surface area contributed by atoms with Gasteiger partial charge in [-0.2, -0.15) is 0 Å². The fourth-order valence-electron chi connectivity index (χ4n) is 1.98. The lowest BCUT2D eigenvalue weighted by Crippen LogP contribution is -2.27. The Kier molecular flexibility index (Phi) is 3.70. The summed E-state index contributed by atoms with van der Waals surface area (Å²) in [6.45, 7) is 9.70. The van der Waals surface area contributed by atoms with E-state index in [1.54, 1.807) is 6.20 Å². The molecule has 1 amide bonds. The molecule has 0 bridgehead atoms. The van der Waals surface area contributed by atoms with Crippen LogP contribution in [0.2, 0.25) is 0 Å². The lowest BCUT2D eigenvalue weighted by molar-refractivity contribution is 0.0635. The van der Waals surface area contributed by atoms with E-state index in [-0.39, 0.29) is 0 Å². The number of hydrogen-bond donors (Lipinski definition) is 1. The van der Waals surface area contributed by atoms with Gasteiger partial charge in [0.25, 0.3) is 0 Å². The first-order valence-corrected chi connectivity index (χ1v) is 6.73. The van der Waals surface area contributed by atoms with Crippen molar-refractivity contribution >= 4 is 22.8 Å². The maximum atomic E-state index is 11.7. The van der Waals surface area contributed by atoms with Crippen molar-refractivity contribution in [3.63, 3.8) is 0 Å². The second-order valence-electron chi connectivity index (χ2n) is 6.07. The summed E-state index contributed by atoms with van der Waals surface area (Å²) in [5, 5.41) is 3.71. The number of aromatic nitrogens is 2. The van der Waals surface area contributed by atoms with Gasteiger partial charge in [-0.15, -0.1) is 0 Å². The van der Waals surface area contributed by atoms with E-state index in [0.717, 1.165) is 10.9 Å². The van der Waals surface area contributed by atoms with Gasteiger partial charge in [-0.25, -0.2) is 9.78 Å². The van der Waals surface area contributed by atoms with Crippen molar-refractivity contribution < 1.29 is 9.53 Å². The van der Waals surface area contributed by atoms with Gasteiger partial charge in [0.1, 0.15) is 11.4 Å². The fourth-order valence-corrected chi connectivity index (χ4v) is 1.98. The van der Waals surface area contributed by atoms with Crippen LogP contribution in [0.4, 0.5) is 10.6 Å². The summed E-state index contributed by atoms with van der Waals surface area (Å²) in [5.41, 5.74) is 0.521. The molecule has 0 saturated carbocycles. The SMILES string of the molecule is CC(C)n1ccc2cnc(NC(=O)OC(C)(C)C)cc21. The predicted molar refractivity (Wildman–Crippen MR) is 80.0 cm³/mol. The summed E-state index contributed by atoms with van der Waals surface area (Å²) in [6, 6.07) is 4.23. The molecule has 0 fully saturated rings. The molecular formula is C15H21N3O2. The molecule has 5 heteroatoms. The Morgan fingerprint density at radius 3 is 2.70 bits per heavy atom. The van der Waals surface area contributed by atoms with Crippen molar-refractivity contribution in [2.45, 2.75) is 46.3 Å². The Morgan fingerprint density at radius 2 is 2.10 bits per heavy atom. The standard InChI is InChI=1S/C15H21N3O2/c1-10(2)18-7-6-11-9-16-13(8-12(11)18)17-14(19)20-15(3,4)5/h6-10H,1-5H3,(H,16,17,19). The summed E-state index contributed by atoms with van der Waals surface area (Å²) in [7, 11) is 0. The molecule has 20 heavy (non-hydrogen) atoms. The van der Waals surface area contributed by atoms with Crippen LogP contribution in [-0.2, 0) is 4.74 Å². The third-order valence-electron chi connectivity index (χ3n) is 2.79. The Morgan fingerprint density at radius 1 is 1.40 bits per heavy atom. The molecule has 0 radical (unpaired) electrons. The molecule has 5 nitrogen and oxygen atoms in total. The van der Waals surface area contributed by atoms with Crippen molar-refractivity contribution in [2.24, 2.45) is 0 Å². The highest BCUT2D eigenvalue weighted by atomic mass is 16.6. The van der Waals surface area contributed by atoms with Crippen LogP contribution in [0, 0.1) is 0 Å². The third kappa shape index (κ3) is 3.29. The number of nitrogens with one attached hydrogen (secondary N) is 1. The number of carbonyl (C=O) groups excluding carboxylic acids is 1. The number of hydrogen-bond acceptors (Lipinski definition) is 3. The number of ether oxygens (including phenoxy) is 1. The lowest BCUT2D eigenvalue weighted by atomic mass is 10.2. The van der Waals surface area contributed by atoms with E-state index >= 15 is 0 Å². The number of nitrogens with zero attached hydrogens (tertiary/aromatic N) is 2. The average Bonchev–Trinajstić information content (AvgIpc) is 2.69.